The van der Waals surface area contributed by atoms with Crippen molar-refractivity contribution in [1.29, 1.82) is 0 Å². The molecule has 0 N–H and O–H groups in total. The Kier molecular flexibility index (Phi) is 6.33. The fraction of sp³-hybridized carbons (Fsp3) is 0.259. The van der Waals surface area contributed by atoms with Crippen molar-refractivity contribution in [3.8, 4) is 0 Å². The largest absolute Gasteiger partial charge is 0.311 e. The number of amides is 1. The second-order valence-corrected chi connectivity index (χ2v) is 8.80. The number of hydrogen-bond donors (Lipinski definition) is 0. The van der Waals surface area contributed by atoms with E-state index < -0.39 is 0 Å². The highest BCUT2D eigenvalue weighted by Crippen LogP contribution is 2.33. The maximum atomic E-state index is 13.2. The average Bonchev–Trinajstić information content (AvgIpc) is 2.75. The molecule has 0 radical (unpaired) electrons. The third kappa shape index (κ3) is 4.28. The lowest BCUT2D eigenvalue weighted by atomic mass is 10.0. The Morgan fingerprint density at radius 3 is 1.62 bits per heavy atom. The number of rotatable bonds is 3. The molecule has 4 rings (SSSR count). The van der Waals surface area contributed by atoms with Gasteiger partial charge in [0.15, 0.2) is 0 Å². The average molecular weight is 446 g/mol. The van der Waals surface area contributed by atoms with Crippen LogP contribution < -0.4 is 9.80 Å². The van der Waals surface area contributed by atoms with Gasteiger partial charge in [0.2, 0.25) is 5.96 Å². The number of guanidine groups is 1. The number of halogens is 1. The lowest BCUT2D eigenvalue weighted by molar-refractivity contribution is 0.100. The van der Waals surface area contributed by atoms with E-state index in [-0.39, 0.29) is 5.91 Å². The minimum atomic E-state index is -0.272. The number of para-hydroxylation sites is 2. The number of aryl methyl sites for hydroxylation is 4. The van der Waals surface area contributed by atoms with Crippen LogP contribution in [0.25, 0.3) is 0 Å². The molecule has 0 unspecified atom stereocenters. The third-order valence-corrected chi connectivity index (χ3v) is 6.21. The summed E-state index contributed by atoms with van der Waals surface area (Å²) >= 11 is 6.02. The second-order valence-electron chi connectivity index (χ2n) is 8.36. The van der Waals surface area contributed by atoms with E-state index in [1.165, 1.54) is 22.3 Å². The van der Waals surface area contributed by atoms with Crippen molar-refractivity contribution >= 4 is 34.8 Å². The van der Waals surface area contributed by atoms with Gasteiger partial charge < -0.3 is 9.80 Å². The van der Waals surface area contributed by atoms with Gasteiger partial charge in [-0.25, -0.2) is 0 Å². The number of aliphatic imine (C=N–C) groups is 1. The normalized spacial score (nSPS) is 14.0. The van der Waals surface area contributed by atoms with E-state index in [2.05, 4.69) is 73.9 Å². The molecular weight excluding hydrogens is 418 g/mol. The Bertz CT molecular complexity index is 1080. The van der Waals surface area contributed by atoms with E-state index in [1.807, 2.05) is 0 Å². The van der Waals surface area contributed by atoms with Crippen LogP contribution in [0, 0.1) is 27.7 Å². The van der Waals surface area contributed by atoms with Gasteiger partial charge in [-0.1, -0.05) is 48.0 Å². The maximum Gasteiger partial charge on any atom is 0.280 e. The van der Waals surface area contributed by atoms with Crippen LogP contribution in [-0.2, 0) is 0 Å². The Labute approximate surface area is 195 Å². The van der Waals surface area contributed by atoms with Crippen LogP contribution in [0.2, 0.25) is 5.02 Å². The zero-order valence-electron chi connectivity index (χ0n) is 19.0. The molecule has 1 aliphatic rings. The molecule has 0 aliphatic carbocycles. The monoisotopic (exact) mass is 445 g/mol. The van der Waals surface area contributed by atoms with Crippen LogP contribution in [-0.4, -0.2) is 25.0 Å². The number of hydrogen-bond acceptors (Lipinski definition) is 1. The predicted octanol–water partition coefficient (Wildman–Crippen LogP) is 6.49. The molecule has 4 nitrogen and oxygen atoms in total. The lowest BCUT2D eigenvalue weighted by Gasteiger charge is -2.41. The van der Waals surface area contributed by atoms with Gasteiger partial charge in [-0.15, -0.1) is 0 Å². The predicted molar refractivity (Wildman–Crippen MR) is 134 cm³/mol. The van der Waals surface area contributed by atoms with Crippen LogP contribution in [0.15, 0.2) is 65.7 Å². The molecule has 1 amide bonds. The van der Waals surface area contributed by atoms with Crippen molar-refractivity contribution in [2.45, 2.75) is 34.1 Å². The van der Waals surface area contributed by atoms with Gasteiger partial charge >= 0.3 is 0 Å². The number of carbonyl (C=O) groups is 1. The Morgan fingerprint density at radius 2 is 1.19 bits per heavy atom. The number of nitrogens with zero attached hydrogens (tertiary/aromatic N) is 3. The van der Waals surface area contributed by atoms with E-state index in [0.717, 1.165) is 30.9 Å². The minimum Gasteiger partial charge on any atom is -0.311 e. The first-order valence-corrected chi connectivity index (χ1v) is 11.3. The van der Waals surface area contributed by atoms with Crippen LogP contribution in [0.5, 0.6) is 0 Å². The van der Waals surface area contributed by atoms with Crippen LogP contribution >= 0.6 is 11.6 Å². The van der Waals surface area contributed by atoms with Crippen molar-refractivity contribution in [2.75, 3.05) is 22.9 Å². The molecule has 5 heteroatoms. The summed E-state index contributed by atoms with van der Waals surface area (Å²) in [6, 6.07) is 19.5. The number of anilines is 2. The molecular formula is C27H28ClN3O. The first-order valence-electron chi connectivity index (χ1n) is 10.9. The summed E-state index contributed by atoms with van der Waals surface area (Å²) in [7, 11) is 0. The van der Waals surface area contributed by atoms with Crippen LogP contribution in [0.4, 0.5) is 11.4 Å². The first kappa shape index (κ1) is 22.1. The quantitative estimate of drug-likeness (QED) is 0.462. The van der Waals surface area contributed by atoms with Crippen molar-refractivity contribution < 1.29 is 4.79 Å². The van der Waals surface area contributed by atoms with Crippen molar-refractivity contribution in [3.63, 3.8) is 0 Å². The molecule has 0 spiro atoms. The van der Waals surface area contributed by atoms with Crippen LogP contribution in [0.1, 0.15) is 39.0 Å². The van der Waals surface area contributed by atoms with E-state index in [1.54, 1.807) is 24.3 Å². The summed E-state index contributed by atoms with van der Waals surface area (Å²) < 4.78 is 0. The third-order valence-electron chi connectivity index (χ3n) is 5.96. The van der Waals surface area contributed by atoms with Gasteiger partial charge in [0.05, 0.1) is 0 Å². The molecule has 164 valence electrons. The molecule has 0 bridgehead atoms. The Hall–Kier alpha value is -3.11. The zero-order valence-corrected chi connectivity index (χ0v) is 19.8. The molecule has 1 fully saturated rings. The maximum absolute atomic E-state index is 13.2. The first-order chi connectivity index (χ1) is 15.4. The molecule has 1 aliphatic heterocycles. The fourth-order valence-electron chi connectivity index (χ4n) is 4.49. The van der Waals surface area contributed by atoms with Gasteiger partial charge in [-0.2, -0.15) is 4.99 Å². The highest BCUT2D eigenvalue weighted by Gasteiger charge is 2.30. The zero-order chi connectivity index (χ0) is 22.8. The fourth-order valence-corrected chi connectivity index (χ4v) is 4.61. The lowest BCUT2D eigenvalue weighted by Crippen LogP contribution is -2.52. The van der Waals surface area contributed by atoms with E-state index in [0.29, 0.717) is 16.5 Å². The molecule has 0 atom stereocenters. The Morgan fingerprint density at radius 1 is 0.750 bits per heavy atom. The standard InChI is InChI=1S/C27H28ClN3O/c1-18-8-5-9-19(2)24(18)30-16-7-17-31(25-20(3)10-6-11-21(25)4)27(30)29-26(32)22-12-14-23(28)15-13-22/h5-6,8-15H,7,16-17H2,1-4H3. The number of carbonyl (C=O) groups excluding carboxylic acids is 1. The van der Waals surface area contributed by atoms with Crippen LogP contribution in [0.3, 0.4) is 0 Å². The van der Waals surface area contributed by atoms with Gasteiger partial charge in [0.1, 0.15) is 0 Å². The Balaban J connectivity index is 1.88. The molecule has 0 saturated carbocycles. The summed E-state index contributed by atoms with van der Waals surface area (Å²) in [6.07, 6.45) is 0.968. The second kappa shape index (κ2) is 9.17. The van der Waals surface area contributed by atoms with E-state index in [9.17, 15) is 4.79 Å². The van der Waals surface area contributed by atoms with Crippen molar-refractivity contribution in [1.82, 2.24) is 0 Å². The van der Waals surface area contributed by atoms with Crippen molar-refractivity contribution in [3.05, 3.63) is 93.5 Å². The summed E-state index contributed by atoms with van der Waals surface area (Å²) in [4.78, 5) is 22.3. The molecule has 32 heavy (non-hydrogen) atoms. The van der Waals surface area contributed by atoms with Gasteiger partial charge in [0, 0.05) is 35.1 Å². The molecule has 0 aromatic heterocycles. The van der Waals surface area contributed by atoms with Gasteiger partial charge in [-0.05, 0) is 80.6 Å². The molecule has 3 aromatic rings. The highest BCUT2D eigenvalue weighted by molar-refractivity contribution is 6.30. The summed E-state index contributed by atoms with van der Waals surface area (Å²) in [5, 5.41) is 0.598. The van der Waals surface area contributed by atoms with Gasteiger partial charge in [0.25, 0.3) is 5.91 Å². The van der Waals surface area contributed by atoms with E-state index >= 15 is 0 Å². The number of benzene rings is 3. The molecule has 3 aromatic carbocycles. The summed E-state index contributed by atoms with van der Waals surface area (Å²) in [6.45, 7) is 10.1. The van der Waals surface area contributed by atoms with Crippen molar-refractivity contribution in [2.24, 2.45) is 4.99 Å². The van der Waals surface area contributed by atoms with Gasteiger partial charge in [-0.3, -0.25) is 4.79 Å². The minimum absolute atomic E-state index is 0.272. The highest BCUT2D eigenvalue weighted by atomic mass is 35.5. The summed E-state index contributed by atoms with van der Waals surface area (Å²) in [5.41, 5.74) is 7.42. The topological polar surface area (TPSA) is 35.9 Å². The smallest absolute Gasteiger partial charge is 0.280 e. The molecule has 1 heterocycles. The molecule has 1 saturated heterocycles. The summed E-state index contributed by atoms with van der Waals surface area (Å²) in [5.74, 6) is 0.400. The van der Waals surface area contributed by atoms with E-state index in [4.69, 9.17) is 16.6 Å². The SMILES string of the molecule is Cc1cccc(C)c1N1CCCN(c2c(C)cccc2C)C1=NC(=O)c1ccc(Cl)cc1.